The minimum Gasteiger partial charge on any atom is -0.394 e. The number of alkyl halides is 3. The van der Waals surface area contributed by atoms with E-state index < -0.39 is 34.4 Å². The fourth-order valence-electron chi connectivity index (χ4n) is 3.16. The third kappa shape index (κ3) is 4.73. The van der Waals surface area contributed by atoms with E-state index in [0.29, 0.717) is 11.3 Å². The van der Waals surface area contributed by atoms with Gasteiger partial charge in [-0.2, -0.15) is 13.2 Å². The first kappa shape index (κ1) is 22.8. The largest absolute Gasteiger partial charge is 0.416 e. The Labute approximate surface area is 178 Å². The lowest BCUT2D eigenvalue weighted by Crippen LogP contribution is -2.26. The van der Waals surface area contributed by atoms with E-state index in [1.165, 1.54) is 43.4 Å². The van der Waals surface area contributed by atoms with E-state index in [1.807, 2.05) is 0 Å². The number of benzene rings is 3. The number of para-hydroxylation sites is 1. The van der Waals surface area contributed by atoms with Crippen LogP contribution >= 0.6 is 0 Å². The molecule has 1 atom stereocenters. The second-order valence-corrected chi connectivity index (χ2v) is 8.89. The normalized spacial score (nSPS) is 13.1. The average Bonchev–Trinajstić information content (AvgIpc) is 2.77. The molecule has 0 radical (unpaired) electrons. The molecule has 0 aliphatic heterocycles. The van der Waals surface area contributed by atoms with Crippen LogP contribution < -0.4 is 10.0 Å². The number of aliphatic hydroxyl groups excluding tert-OH is 1. The van der Waals surface area contributed by atoms with Crippen molar-refractivity contribution in [3.8, 4) is 11.1 Å². The van der Waals surface area contributed by atoms with Gasteiger partial charge in [0, 0.05) is 7.05 Å². The molecule has 3 aromatic carbocycles. The summed E-state index contributed by atoms with van der Waals surface area (Å²) in [6, 6.07) is 16.6. The molecule has 0 heterocycles. The Hall–Kier alpha value is -2.88. The molecule has 164 valence electrons. The molecule has 0 bridgehead atoms. The van der Waals surface area contributed by atoms with Gasteiger partial charge in [0.25, 0.3) is 10.0 Å². The van der Waals surface area contributed by atoms with Crippen molar-refractivity contribution in [2.24, 2.45) is 5.73 Å². The Morgan fingerprint density at radius 2 is 1.55 bits per heavy atom. The number of hydrogen-bond acceptors (Lipinski definition) is 4. The van der Waals surface area contributed by atoms with Crippen LogP contribution in [-0.2, 0) is 16.2 Å². The van der Waals surface area contributed by atoms with Crippen molar-refractivity contribution >= 4 is 15.7 Å². The molecule has 9 heteroatoms. The van der Waals surface area contributed by atoms with E-state index in [4.69, 9.17) is 10.8 Å². The summed E-state index contributed by atoms with van der Waals surface area (Å²) in [6.45, 7) is -0.621. The number of rotatable bonds is 6. The quantitative estimate of drug-likeness (QED) is 0.590. The van der Waals surface area contributed by atoms with E-state index in [2.05, 4.69) is 0 Å². The maximum absolute atomic E-state index is 13.5. The maximum Gasteiger partial charge on any atom is 0.416 e. The molecule has 5 nitrogen and oxygen atoms in total. The van der Waals surface area contributed by atoms with Crippen molar-refractivity contribution in [2.45, 2.75) is 17.1 Å². The molecular formula is C22H21F3N2O3S. The van der Waals surface area contributed by atoms with Crippen molar-refractivity contribution in [2.75, 3.05) is 18.0 Å². The third-order valence-electron chi connectivity index (χ3n) is 4.92. The van der Waals surface area contributed by atoms with Gasteiger partial charge in [-0.3, -0.25) is 4.31 Å². The minimum absolute atomic E-state index is 0.0116. The molecule has 3 rings (SSSR count). The molecule has 0 amide bonds. The van der Waals surface area contributed by atoms with Crippen LogP contribution in [0.2, 0.25) is 0 Å². The van der Waals surface area contributed by atoms with E-state index >= 15 is 0 Å². The van der Waals surface area contributed by atoms with Crippen LogP contribution in [0, 0.1) is 0 Å². The molecule has 0 fully saturated rings. The monoisotopic (exact) mass is 450 g/mol. The van der Waals surface area contributed by atoms with Crippen LogP contribution in [0.5, 0.6) is 0 Å². The van der Waals surface area contributed by atoms with Gasteiger partial charge in [0.2, 0.25) is 0 Å². The molecule has 0 aliphatic rings. The summed E-state index contributed by atoms with van der Waals surface area (Å²) in [5.74, 6) is 0. The van der Waals surface area contributed by atoms with E-state index in [0.717, 1.165) is 10.4 Å². The highest BCUT2D eigenvalue weighted by molar-refractivity contribution is 7.92. The van der Waals surface area contributed by atoms with E-state index in [9.17, 15) is 21.6 Å². The van der Waals surface area contributed by atoms with Crippen molar-refractivity contribution < 1.29 is 26.7 Å². The Kier molecular flexibility index (Phi) is 6.40. The first-order valence-electron chi connectivity index (χ1n) is 9.27. The number of hydrogen-bond donors (Lipinski definition) is 2. The Morgan fingerprint density at radius 3 is 2.10 bits per heavy atom. The van der Waals surface area contributed by atoms with Crippen molar-refractivity contribution in [3.05, 3.63) is 83.9 Å². The lowest BCUT2D eigenvalue weighted by molar-refractivity contribution is -0.138. The summed E-state index contributed by atoms with van der Waals surface area (Å²) < 4.78 is 67.3. The third-order valence-corrected chi connectivity index (χ3v) is 6.72. The number of nitrogens with two attached hydrogens (primary N) is 1. The van der Waals surface area contributed by atoms with Gasteiger partial charge in [0.05, 0.1) is 28.8 Å². The minimum atomic E-state index is -4.65. The fraction of sp³-hybridized carbons (Fsp3) is 0.182. The zero-order valence-electron chi connectivity index (χ0n) is 16.5. The average molecular weight is 450 g/mol. The molecule has 0 aromatic heterocycles. The topological polar surface area (TPSA) is 83.6 Å². The van der Waals surface area contributed by atoms with Gasteiger partial charge in [0.1, 0.15) is 0 Å². The van der Waals surface area contributed by atoms with Gasteiger partial charge in [-0.1, -0.05) is 42.5 Å². The summed E-state index contributed by atoms with van der Waals surface area (Å²) in [6.07, 6.45) is -4.65. The van der Waals surface area contributed by atoms with Crippen LogP contribution in [-0.4, -0.2) is 27.2 Å². The van der Waals surface area contributed by atoms with E-state index in [-0.39, 0.29) is 16.0 Å². The van der Waals surface area contributed by atoms with Gasteiger partial charge in [-0.25, -0.2) is 8.42 Å². The van der Waals surface area contributed by atoms with Crippen LogP contribution in [0.15, 0.2) is 77.7 Å². The highest BCUT2D eigenvalue weighted by Crippen LogP contribution is 2.37. The van der Waals surface area contributed by atoms with Crippen LogP contribution in [0.25, 0.3) is 11.1 Å². The van der Waals surface area contributed by atoms with Crippen molar-refractivity contribution in [3.63, 3.8) is 0 Å². The van der Waals surface area contributed by atoms with Crippen molar-refractivity contribution in [1.29, 1.82) is 0 Å². The fourth-order valence-corrected chi connectivity index (χ4v) is 4.35. The first-order chi connectivity index (χ1) is 14.6. The smallest absolute Gasteiger partial charge is 0.394 e. The standard InChI is InChI=1S/C22H21F3N2O3S/c1-27(17-5-3-2-4-6-17)31(29,30)18-10-7-15(8-11-18)16-9-12-19(21(26)14-28)20(13-16)22(23,24)25/h2-13,21,28H,14,26H2,1H3. The Balaban J connectivity index is 1.96. The summed E-state index contributed by atoms with van der Waals surface area (Å²) in [7, 11) is -2.41. The lowest BCUT2D eigenvalue weighted by atomic mass is 9.95. The maximum atomic E-state index is 13.5. The second-order valence-electron chi connectivity index (χ2n) is 6.92. The van der Waals surface area contributed by atoms with Gasteiger partial charge in [0.15, 0.2) is 0 Å². The number of halogens is 3. The van der Waals surface area contributed by atoms with Crippen LogP contribution in [0.1, 0.15) is 17.2 Å². The molecule has 1 unspecified atom stereocenters. The first-order valence-corrected chi connectivity index (χ1v) is 10.7. The highest BCUT2D eigenvalue weighted by atomic mass is 32.2. The van der Waals surface area contributed by atoms with Gasteiger partial charge in [-0.05, 0) is 47.0 Å². The summed E-state index contributed by atoms with van der Waals surface area (Å²) in [5, 5.41) is 9.15. The summed E-state index contributed by atoms with van der Waals surface area (Å²) >= 11 is 0. The molecule has 0 saturated carbocycles. The molecule has 3 aromatic rings. The molecular weight excluding hydrogens is 429 g/mol. The molecule has 0 spiro atoms. The second kappa shape index (κ2) is 8.70. The summed E-state index contributed by atoms with van der Waals surface area (Å²) in [5.41, 5.74) is 5.61. The number of anilines is 1. The Morgan fingerprint density at radius 1 is 0.968 bits per heavy atom. The SMILES string of the molecule is CN(c1ccccc1)S(=O)(=O)c1ccc(-c2ccc(C(N)CO)c(C(F)(F)F)c2)cc1. The zero-order chi connectivity index (χ0) is 22.8. The van der Waals surface area contributed by atoms with E-state index in [1.54, 1.807) is 30.3 Å². The number of sulfonamides is 1. The van der Waals surface area contributed by atoms with Gasteiger partial charge >= 0.3 is 6.18 Å². The molecule has 0 aliphatic carbocycles. The molecule has 31 heavy (non-hydrogen) atoms. The Bertz CT molecular complexity index is 1150. The van der Waals surface area contributed by atoms with Gasteiger partial charge in [-0.15, -0.1) is 0 Å². The lowest BCUT2D eigenvalue weighted by Gasteiger charge is -2.20. The highest BCUT2D eigenvalue weighted by Gasteiger charge is 2.35. The molecule has 3 N–H and O–H groups in total. The predicted octanol–water partition coefficient (Wildman–Crippen LogP) is 4.19. The predicted molar refractivity (Wildman–Crippen MR) is 113 cm³/mol. The summed E-state index contributed by atoms with van der Waals surface area (Å²) in [4.78, 5) is 0.0116. The van der Waals surface area contributed by atoms with Crippen LogP contribution in [0.4, 0.5) is 18.9 Å². The van der Waals surface area contributed by atoms with Gasteiger partial charge < -0.3 is 10.8 Å². The number of aliphatic hydroxyl groups is 1. The molecule has 0 saturated heterocycles. The van der Waals surface area contributed by atoms with Crippen molar-refractivity contribution in [1.82, 2.24) is 0 Å². The zero-order valence-corrected chi connectivity index (χ0v) is 17.4. The number of nitrogens with zero attached hydrogens (tertiary/aromatic N) is 1. The van der Waals surface area contributed by atoms with Crippen LogP contribution in [0.3, 0.4) is 0 Å².